The minimum absolute atomic E-state index is 0. The van der Waals surface area contributed by atoms with Gasteiger partial charge in [0.2, 0.25) is 5.91 Å². The van der Waals surface area contributed by atoms with E-state index in [2.05, 4.69) is 38.0 Å². The van der Waals surface area contributed by atoms with Crippen LogP contribution in [0.1, 0.15) is 17.8 Å². The molecule has 1 atom stereocenters. The number of carbonyl (C=O) groups is 1. The van der Waals surface area contributed by atoms with Crippen molar-refractivity contribution in [3.63, 3.8) is 0 Å². The van der Waals surface area contributed by atoms with E-state index >= 15 is 0 Å². The highest BCUT2D eigenvalue weighted by Gasteiger charge is 2.29. The summed E-state index contributed by atoms with van der Waals surface area (Å²) >= 11 is 0. The number of aliphatic imine (C=N–C) groups is 1. The minimum atomic E-state index is 0. The van der Waals surface area contributed by atoms with E-state index in [0.29, 0.717) is 18.9 Å². The number of benzene rings is 1. The van der Waals surface area contributed by atoms with Gasteiger partial charge >= 0.3 is 0 Å². The Morgan fingerprint density at radius 3 is 2.72 bits per heavy atom. The maximum Gasteiger partial charge on any atom is 0.223 e. The lowest BCUT2D eigenvalue weighted by Gasteiger charge is -2.18. The van der Waals surface area contributed by atoms with Gasteiger partial charge in [0.15, 0.2) is 11.6 Å². The smallest absolute Gasteiger partial charge is 0.223 e. The standard InChI is InChI=1S/C23H29N7O.HI/c1-24-23(25-12-10-21-28-27-20-9-5-6-13-30(20)21)26-16-19-15-22(31)29(17-19)14-11-18-7-3-2-4-8-18;/h2-9,13,19H,10-12,14-17H2,1H3,(H2,24,25,26);1H. The molecule has 4 rings (SSSR count). The molecule has 9 heteroatoms. The Morgan fingerprint density at radius 2 is 1.91 bits per heavy atom. The number of halogens is 1. The van der Waals surface area contributed by atoms with Crippen LogP contribution in [0.25, 0.3) is 5.65 Å². The summed E-state index contributed by atoms with van der Waals surface area (Å²) in [5, 5.41) is 15.1. The SMILES string of the molecule is CN=C(NCCc1nnc2ccccn12)NCC1CC(=O)N(CCc2ccccc2)C1.I. The number of hydrogen-bond acceptors (Lipinski definition) is 4. The molecule has 1 saturated heterocycles. The molecule has 170 valence electrons. The Morgan fingerprint density at radius 1 is 1.09 bits per heavy atom. The molecule has 0 spiro atoms. The fourth-order valence-corrected chi connectivity index (χ4v) is 3.93. The molecule has 1 aliphatic heterocycles. The third kappa shape index (κ3) is 6.18. The molecule has 1 fully saturated rings. The van der Waals surface area contributed by atoms with E-state index in [1.165, 1.54) is 5.56 Å². The van der Waals surface area contributed by atoms with Crippen LogP contribution in [0, 0.1) is 5.92 Å². The first kappa shape index (κ1) is 24.0. The van der Waals surface area contributed by atoms with Crippen LogP contribution in [0.15, 0.2) is 59.7 Å². The van der Waals surface area contributed by atoms with Crippen molar-refractivity contribution in [2.75, 3.05) is 33.2 Å². The van der Waals surface area contributed by atoms with Crippen LogP contribution in [0.4, 0.5) is 0 Å². The van der Waals surface area contributed by atoms with E-state index in [-0.39, 0.29) is 29.9 Å². The van der Waals surface area contributed by atoms with Gasteiger partial charge < -0.3 is 15.5 Å². The molecule has 3 heterocycles. The van der Waals surface area contributed by atoms with Gasteiger partial charge in [0, 0.05) is 58.2 Å². The number of guanidine groups is 1. The monoisotopic (exact) mass is 547 g/mol. The van der Waals surface area contributed by atoms with Crippen molar-refractivity contribution >= 4 is 41.5 Å². The van der Waals surface area contributed by atoms with Gasteiger partial charge in [-0.1, -0.05) is 36.4 Å². The summed E-state index contributed by atoms with van der Waals surface area (Å²) in [4.78, 5) is 18.6. The topological polar surface area (TPSA) is 86.9 Å². The van der Waals surface area contributed by atoms with Gasteiger partial charge in [-0.3, -0.25) is 14.2 Å². The number of amides is 1. The van der Waals surface area contributed by atoms with Crippen LogP contribution in [-0.2, 0) is 17.6 Å². The fourth-order valence-electron chi connectivity index (χ4n) is 3.93. The lowest BCUT2D eigenvalue weighted by atomic mass is 10.1. The molecule has 32 heavy (non-hydrogen) atoms. The molecular weight excluding hydrogens is 517 g/mol. The summed E-state index contributed by atoms with van der Waals surface area (Å²) in [6.07, 6.45) is 4.19. The average Bonchev–Trinajstić information content (AvgIpc) is 3.38. The normalized spacial score (nSPS) is 16.3. The zero-order valence-corrected chi connectivity index (χ0v) is 20.6. The highest BCUT2D eigenvalue weighted by atomic mass is 127. The van der Waals surface area contributed by atoms with Crippen LogP contribution < -0.4 is 10.6 Å². The van der Waals surface area contributed by atoms with Crippen LogP contribution >= 0.6 is 24.0 Å². The Bertz CT molecular complexity index is 1040. The Balaban J connectivity index is 0.00000289. The fraction of sp³-hybridized carbons (Fsp3) is 0.391. The highest BCUT2D eigenvalue weighted by Crippen LogP contribution is 2.17. The number of aromatic nitrogens is 3. The van der Waals surface area contributed by atoms with Crippen molar-refractivity contribution in [2.24, 2.45) is 10.9 Å². The molecule has 2 aromatic heterocycles. The van der Waals surface area contributed by atoms with Crippen LogP contribution in [-0.4, -0.2) is 64.6 Å². The molecular formula is C23H30IN7O. The van der Waals surface area contributed by atoms with Crippen LogP contribution in [0.5, 0.6) is 0 Å². The number of nitrogens with one attached hydrogen (secondary N) is 2. The van der Waals surface area contributed by atoms with Crippen molar-refractivity contribution in [1.29, 1.82) is 0 Å². The predicted molar refractivity (Wildman–Crippen MR) is 136 cm³/mol. The van der Waals surface area contributed by atoms with Crippen molar-refractivity contribution in [3.05, 3.63) is 66.1 Å². The van der Waals surface area contributed by atoms with E-state index in [1.54, 1.807) is 7.05 Å². The summed E-state index contributed by atoms with van der Waals surface area (Å²) in [6, 6.07) is 16.2. The number of hydrogen-bond donors (Lipinski definition) is 2. The molecule has 1 amide bonds. The van der Waals surface area contributed by atoms with Gasteiger partial charge in [-0.15, -0.1) is 34.2 Å². The molecule has 1 unspecified atom stereocenters. The van der Waals surface area contributed by atoms with E-state index < -0.39 is 0 Å². The van der Waals surface area contributed by atoms with Gasteiger partial charge in [-0.2, -0.15) is 0 Å². The second kappa shape index (κ2) is 11.8. The average molecular weight is 547 g/mol. The number of pyridine rings is 1. The maximum absolute atomic E-state index is 12.4. The third-order valence-corrected chi connectivity index (χ3v) is 5.61. The van der Waals surface area contributed by atoms with Gasteiger partial charge in [0.1, 0.15) is 5.82 Å². The van der Waals surface area contributed by atoms with Crippen molar-refractivity contribution in [1.82, 2.24) is 30.1 Å². The number of likely N-dealkylation sites (tertiary alicyclic amines) is 1. The lowest BCUT2D eigenvalue weighted by Crippen LogP contribution is -2.41. The molecule has 0 bridgehead atoms. The summed E-state index contributed by atoms with van der Waals surface area (Å²) in [7, 11) is 1.76. The van der Waals surface area contributed by atoms with Crippen molar-refractivity contribution < 1.29 is 4.79 Å². The zero-order chi connectivity index (χ0) is 21.5. The third-order valence-electron chi connectivity index (χ3n) is 5.61. The lowest BCUT2D eigenvalue weighted by molar-refractivity contribution is -0.127. The predicted octanol–water partition coefficient (Wildman–Crippen LogP) is 2.15. The summed E-state index contributed by atoms with van der Waals surface area (Å²) in [5.41, 5.74) is 2.12. The largest absolute Gasteiger partial charge is 0.356 e. The number of rotatable bonds is 8. The number of nitrogens with zero attached hydrogens (tertiary/aromatic N) is 5. The summed E-state index contributed by atoms with van der Waals surface area (Å²) in [5.74, 6) is 2.18. The second-order valence-corrected chi connectivity index (χ2v) is 7.82. The Labute approximate surface area is 205 Å². The molecule has 3 aromatic rings. The first-order chi connectivity index (χ1) is 15.2. The Hall–Kier alpha value is -2.69. The minimum Gasteiger partial charge on any atom is -0.356 e. The maximum atomic E-state index is 12.4. The van der Waals surface area contributed by atoms with Gasteiger partial charge in [-0.05, 0) is 24.1 Å². The first-order valence-electron chi connectivity index (χ1n) is 10.8. The molecule has 1 aromatic carbocycles. The van der Waals surface area contributed by atoms with Gasteiger partial charge in [-0.25, -0.2) is 0 Å². The molecule has 2 N–H and O–H groups in total. The quantitative estimate of drug-likeness (QED) is 0.257. The number of carbonyl (C=O) groups excluding carboxylic acids is 1. The van der Waals surface area contributed by atoms with Gasteiger partial charge in [0.05, 0.1) is 0 Å². The molecule has 1 aliphatic rings. The van der Waals surface area contributed by atoms with E-state index in [1.807, 2.05) is 51.9 Å². The molecule has 0 saturated carbocycles. The zero-order valence-electron chi connectivity index (χ0n) is 18.3. The van der Waals surface area contributed by atoms with E-state index in [4.69, 9.17) is 0 Å². The van der Waals surface area contributed by atoms with Crippen molar-refractivity contribution in [3.8, 4) is 0 Å². The Kier molecular flexibility index (Phi) is 8.83. The summed E-state index contributed by atoms with van der Waals surface area (Å²) in [6.45, 7) is 2.99. The number of fused-ring (bicyclic) bond motifs is 1. The van der Waals surface area contributed by atoms with E-state index in [0.717, 1.165) is 49.9 Å². The van der Waals surface area contributed by atoms with E-state index in [9.17, 15) is 4.79 Å². The second-order valence-electron chi connectivity index (χ2n) is 7.82. The molecule has 0 aliphatic carbocycles. The molecule has 0 radical (unpaired) electrons. The summed E-state index contributed by atoms with van der Waals surface area (Å²) < 4.78 is 1.99. The van der Waals surface area contributed by atoms with Crippen molar-refractivity contribution in [2.45, 2.75) is 19.3 Å². The first-order valence-corrected chi connectivity index (χ1v) is 10.8. The van der Waals surface area contributed by atoms with Gasteiger partial charge in [0.25, 0.3) is 0 Å². The highest BCUT2D eigenvalue weighted by molar-refractivity contribution is 14.0. The molecule has 8 nitrogen and oxygen atoms in total. The van der Waals surface area contributed by atoms with Crippen LogP contribution in [0.3, 0.4) is 0 Å². The van der Waals surface area contributed by atoms with Crippen LogP contribution in [0.2, 0.25) is 0 Å².